The minimum atomic E-state index is -4.72. The standard InChI is InChI=1S/C25H22F5N5O3S/c1-13-6-17-8-19(13)22(35(17)39(37,38)18-4-2-16(26)3-5-18)23(36)32-9-14-7-21(31-12-20(14)27)15-10-33-24(34-11-15)25(28,29)30/h2-5,7,10-13,17,19,22H,6,8-9H2,1H3,(H,32,36). The van der Waals surface area contributed by atoms with Gasteiger partial charge in [-0.05, 0) is 55.0 Å². The Morgan fingerprint density at radius 1 is 1.05 bits per heavy atom. The number of amides is 1. The number of nitrogens with zero attached hydrogens (tertiary/aromatic N) is 4. The zero-order chi connectivity index (χ0) is 28.1. The first-order valence-corrected chi connectivity index (χ1v) is 13.4. The van der Waals surface area contributed by atoms with Crippen molar-refractivity contribution in [3.63, 3.8) is 0 Å². The summed E-state index contributed by atoms with van der Waals surface area (Å²) in [5.74, 6) is -3.50. The van der Waals surface area contributed by atoms with Gasteiger partial charge in [-0.2, -0.15) is 17.5 Å². The summed E-state index contributed by atoms with van der Waals surface area (Å²) < 4.78 is 94.2. The molecule has 39 heavy (non-hydrogen) atoms. The summed E-state index contributed by atoms with van der Waals surface area (Å²) in [5.41, 5.74) is 0.176. The molecule has 1 aromatic carbocycles. The fourth-order valence-corrected chi connectivity index (χ4v) is 7.20. The van der Waals surface area contributed by atoms with Crippen LogP contribution in [0.4, 0.5) is 22.0 Å². The van der Waals surface area contributed by atoms with Crippen LogP contribution in [0.25, 0.3) is 11.3 Å². The summed E-state index contributed by atoms with van der Waals surface area (Å²) >= 11 is 0. The molecule has 0 spiro atoms. The van der Waals surface area contributed by atoms with Gasteiger partial charge in [-0.15, -0.1) is 0 Å². The number of fused-ring (bicyclic) bond motifs is 2. The maximum absolute atomic E-state index is 14.5. The summed E-state index contributed by atoms with van der Waals surface area (Å²) in [5, 5.41) is 2.60. The average molecular weight is 568 g/mol. The van der Waals surface area contributed by atoms with Crippen molar-refractivity contribution < 1.29 is 35.2 Å². The largest absolute Gasteiger partial charge is 0.451 e. The number of halogens is 5. The van der Waals surface area contributed by atoms with Crippen LogP contribution < -0.4 is 5.32 Å². The molecule has 2 aliphatic rings. The van der Waals surface area contributed by atoms with Gasteiger partial charge in [0.2, 0.25) is 21.8 Å². The van der Waals surface area contributed by atoms with E-state index in [9.17, 15) is 35.2 Å². The number of nitrogens with one attached hydrogen (secondary N) is 1. The Hall–Kier alpha value is -3.52. The first-order chi connectivity index (χ1) is 18.4. The maximum Gasteiger partial charge on any atom is 0.451 e. The van der Waals surface area contributed by atoms with E-state index in [0.29, 0.717) is 12.8 Å². The Bertz CT molecular complexity index is 1500. The Morgan fingerprint density at radius 3 is 2.36 bits per heavy atom. The van der Waals surface area contributed by atoms with E-state index in [2.05, 4.69) is 20.3 Å². The van der Waals surface area contributed by atoms with Crippen molar-refractivity contribution in [2.24, 2.45) is 11.8 Å². The Kier molecular flexibility index (Phi) is 6.87. The monoisotopic (exact) mass is 567 g/mol. The van der Waals surface area contributed by atoms with Crippen LogP contribution in [-0.2, 0) is 27.5 Å². The lowest BCUT2D eigenvalue weighted by atomic mass is 9.89. The summed E-state index contributed by atoms with van der Waals surface area (Å²) in [6.45, 7) is 1.61. The van der Waals surface area contributed by atoms with Crippen molar-refractivity contribution in [3.8, 4) is 11.3 Å². The van der Waals surface area contributed by atoms with Gasteiger partial charge >= 0.3 is 6.18 Å². The van der Waals surface area contributed by atoms with Gasteiger partial charge < -0.3 is 5.32 Å². The zero-order valence-corrected chi connectivity index (χ0v) is 21.2. The van der Waals surface area contributed by atoms with Crippen molar-refractivity contribution in [1.29, 1.82) is 0 Å². The van der Waals surface area contributed by atoms with E-state index in [4.69, 9.17) is 0 Å². The predicted molar refractivity (Wildman–Crippen MR) is 127 cm³/mol. The van der Waals surface area contributed by atoms with Gasteiger partial charge in [0.25, 0.3) is 0 Å². The molecular weight excluding hydrogens is 545 g/mol. The number of hydrogen-bond acceptors (Lipinski definition) is 6. The highest BCUT2D eigenvalue weighted by Gasteiger charge is 2.57. The lowest BCUT2D eigenvalue weighted by Gasteiger charge is -2.36. The molecule has 0 radical (unpaired) electrons. The highest BCUT2D eigenvalue weighted by Crippen LogP contribution is 2.48. The van der Waals surface area contributed by atoms with Gasteiger partial charge in [0, 0.05) is 36.1 Å². The van der Waals surface area contributed by atoms with Gasteiger partial charge in [-0.25, -0.2) is 27.2 Å². The summed E-state index contributed by atoms with van der Waals surface area (Å²) in [6, 6.07) is 4.16. The first kappa shape index (κ1) is 27.1. The third kappa shape index (κ3) is 5.10. The van der Waals surface area contributed by atoms with Gasteiger partial charge in [0.15, 0.2) is 0 Å². The van der Waals surface area contributed by atoms with Crippen LogP contribution in [-0.4, -0.2) is 45.7 Å². The number of rotatable bonds is 6. The van der Waals surface area contributed by atoms with E-state index in [1.807, 2.05) is 6.92 Å². The summed E-state index contributed by atoms with van der Waals surface area (Å²) in [7, 11) is -4.12. The molecule has 14 heteroatoms. The number of benzene rings is 1. The van der Waals surface area contributed by atoms with Crippen LogP contribution in [0, 0.1) is 23.5 Å². The second-order valence-corrected chi connectivity index (χ2v) is 11.5. The van der Waals surface area contributed by atoms with E-state index >= 15 is 0 Å². The van der Waals surface area contributed by atoms with Crippen molar-refractivity contribution in [2.75, 3.05) is 0 Å². The SMILES string of the molecule is CC1CC2CC1C(C(=O)NCc1cc(-c3cnc(C(F)(F)F)nc3)ncc1F)N2S(=O)(=O)c1ccc(F)cc1. The first-order valence-electron chi connectivity index (χ1n) is 12.0. The third-order valence-corrected chi connectivity index (χ3v) is 9.15. The van der Waals surface area contributed by atoms with Crippen LogP contribution in [0.1, 0.15) is 31.2 Å². The third-order valence-electron chi connectivity index (χ3n) is 7.21. The Morgan fingerprint density at radius 2 is 1.72 bits per heavy atom. The number of piperidine rings is 1. The number of carbonyl (C=O) groups excluding carboxylic acids is 1. The van der Waals surface area contributed by atoms with Crippen LogP contribution >= 0.6 is 0 Å². The Balaban J connectivity index is 1.36. The molecule has 3 aromatic rings. The normalized spacial score (nSPS) is 23.2. The molecule has 1 saturated carbocycles. The lowest BCUT2D eigenvalue weighted by molar-refractivity contribution is -0.145. The van der Waals surface area contributed by atoms with E-state index < -0.39 is 51.6 Å². The van der Waals surface area contributed by atoms with E-state index in [1.54, 1.807) is 0 Å². The number of aromatic nitrogens is 3. The zero-order valence-electron chi connectivity index (χ0n) is 20.4. The fourth-order valence-electron chi connectivity index (χ4n) is 5.36. The second-order valence-electron chi connectivity index (χ2n) is 9.67. The van der Waals surface area contributed by atoms with Crippen molar-refractivity contribution >= 4 is 15.9 Å². The van der Waals surface area contributed by atoms with Crippen molar-refractivity contribution in [3.05, 3.63) is 71.9 Å². The molecule has 4 atom stereocenters. The van der Waals surface area contributed by atoms with Crippen LogP contribution in [0.2, 0.25) is 0 Å². The number of sulfonamides is 1. The maximum atomic E-state index is 14.5. The van der Waals surface area contributed by atoms with Crippen molar-refractivity contribution in [2.45, 2.75) is 49.5 Å². The number of pyridine rings is 1. The smallest absolute Gasteiger partial charge is 0.351 e. The second kappa shape index (κ2) is 9.90. The molecule has 4 unspecified atom stereocenters. The summed E-state index contributed by atoms with van der Waals surface area (Å²) in [6.07, 6.45) is -0.979. The molecule has 3 heterocycles. The molecular formula is C25H22F5N5O3S. The minimum absolute atomic E-state index is 0.0163. The van der Waals surface area contributed by atoms with Gasteiger partial charge in [0.05, 0.1) is 16.8 Å². The molecule has 5 rings (SSSR count). The van der Waals surface area contributed by atoms with Crippen molar-refractivity contribution in [1.82, 2.24) is 24.6 Å². The number of alkyl halides is 3. The molecule has 2 fully saturated rings. The highest BCUT2D eigenvalue weighted by molar-refractivity contribution is 7.89. The van der Waals surface area contributed by atoms with Crippen LogP contribution in [0.15, 0.2) is 53.8 Å². The number of hydrogen-bond donors (Lipinski definition) is 1. The molecule has 8 nitrogen and oxygen atoms in total. The molecule has 1 saturated heterocycles. The minimum Gasteiger partial charge on any atom is -0.351 e. The molecule has 206 valence electrons. The van der Waals surface area contributed by atoms with E-state index in [0.717, 1.165) is 42.9 Å². The average Bonchev–Trinajstić information content (AvgIpc) is 3.45. The molecule has 1 N–H and O–H groups in total. The molecule has 1 aliphatic heterocycles. The van der Waals surface area contributed by atoms with Crippen LogP contribution in [0.3, 0.4) is 0 Å². The highest BCUT2D eigenvalue weighted by atomic mass is 32.2. The summed E-state index contributed by atoms with van der Waals surface area (Å²) in [4.78, 5) is 23.6. The molecule has 2 aromatic heterocycles. The van der Waals surface area contributed by atoms with E-state index in [1.165, 1.54) is 10.4 Å². The van der Waals surface area contributed by atoms with Crippen LogP contribution in [0.5, 0.6) is 0 Å². The molecule has 2 bridgehead atoms. The fraction of sp³-hybridized carbons (Fsp3) is 0.360. The van der Waals surface area contributed by atoms with Gasteiger partial charge in [0.1, 0.15) is 17.7 Å². The Labute approximate surface area is 220 Å². The molecule has 1 aliphatic carbocycles. The van der Waals surface area contributed by atoms with Gasteiger partial charge in [-0.1, -0.05) is 6.92 Å². The van der Waals surface area contributed by atoms with E-state index in [-0.39, 0.29) is 40.1 Å². The quantitative estimate of drug-likeness (QED) is 0.453. The predicted octanol–water partition coefficient (Wildman–Crippen LogP) is 3.94. The number of carbonyl (C=O) groups is 1. The lowest BCUT2D eigenvalue weighted by Crippen LogP contribution is -2.54. The topological polar surface area (TPSA) is 105 Å². The molecule has 1 amide bonds. The van der Waals surface area contributed by atoms with Gasteiger partial charge in [-0.3, -0.25) is 9.78 Å².